The van der Waals surface area contributed by atoms with E-state index in [0.717, 1.165) is 86.4 Å². The van der Waals surface area contributed by atoms with Crippen molar-refractivity contribution in [3.8, 4) is 11.1 Å². The Balaban J connectivity index is 0.00000240. The van der Waals surface area contributed by atoms with Crippen LogP contribution < -0.4 is 9.62 Å². The number of fused-ring (bicyclic) bond motifs is 1. The van der Waals surface area contributed by atoms with Gasteiger partial charge in [0.2, 0.25) is 5.13 Å². The molecular weight excluding hydrogens is 790 g/mol. The molecule has 4 heterocycles. The van der Waals surface area contributed by atoms with Gasteiger partial charge in [-0.1, -0.05) is 68.9 Å². The third kappa shape index (κ3) is 7.93. The van der Waals surface area contributed by atoms with Gasteiger partial charge in [0.15, 0.2) is 0 Å². The Hall–Kier alpha value is -1.73. The molecule has 0 aliphatic carbocycles. The molecule has 0 amide bonds. The van der Waals surface area contributed by atoms with Gasteiger partial charge < -0.3 is 26.9 Å². The topological polar surface area (TPSA) is 120 Å². The minimum Gasteiger partial charge on any atom is -0.362 e. The number of aryl methyl sites for hydroxylation is 4. The first-order chi connectivity index (χ1) is 21.1. The number of nitrogens with zero attached hydrogens (tertiary/aromatic N) is 6. The molecule has 6 rings (SSSR count). The van der Waals surface area contributed by atoms with Crippen molar-refractivity contribution in [3.05, 3.63) is 76.2 Å². The molecular formula is C31H32N8O2S3Y2-2. The van der Waals surface area contributed by atoms with Crippen LogP contribution in [-0.2, 0) is 88.3 Å². The normalized spacial score (nSPS) is 13.3. The summed E-state index contributed by atoms with van der Waals surface area (Å²) in [4.78, 5) is 18.1. The Labute approximate surface area is 329 Å². The fourth-order valence-electron chi connectivity index (χ4n) is 5.64. The monoisotopic (exact) mass is 822 g/mol. The van der Waals surface area contributed by atoms with Crippen LogP contribution in [0.4, 0.5) is 10.9 Å². The van der Waals surface area contributed by atoms with E-state index in [2.05, 4.69) is 60.7 Å². The zero-order valence-corrected chi connectivity index (χ0v) is 34.2. The molecule has 234 valence electrons. The third-order valence-corrected chi connectivity index (χ3v) is 10.6. The number of H-pyrrole nitrogens is 1. The molecule has 2 N–H and O–H groups in total. The van der Waals surface area contributed by atoms with E-state index in [-0.39, 0.29) is 75.4 Å². The smallest absolute Gasteiger partial charge is 0.263 e. The zero-order valence-electron chi connectivity index (χ0n) is 26.1. The second kappa shape index (κ2) is 15.7. The first-order valence-electron chi connectivity index (χ1n) is 14.3. The number of thiocarbonyl (C=S) groups is 1. The number of anilines is 2. The van der Waals surface area contributed by atoms with Crippen molar-refractivity contribution >= 4 is 60.5 Å². The summed E-state index contributed by atoms with van der Waals surface area (Å²) in [6, 6.07) is 13.6. The number of sulfonamides is 1. The van der Waals surface area contributed by atoms with Crippen molar-refractivity contribution < 1.29 is 73.8 Å². The first-order valence-corrected chi connectivity index (χ1v) is 17.1. The van der Waals surface area contributed by atoms with Crippen molar-refractivity contribution in [3.63, 3.8) is 0 Å². The summed E-state index contributed by atoms with van der Waals surface area (Å²) in [6.07, 6.45) is 4.87. The molecule has 1 aliphatic heterocycles. The van der Waals surface area contributed by atoms with Gasteiger partial charge in [-0.2, -0.15) is 0 Å². The van der Waals surface area contributed by atoms with Crippen LogP contribution in [0.5, 0.6) is 0 Å². The summed E-state index contributed by atoms with van der Waals surface area (Å²) in [6.45, 7) is 11.2. The largest absolute Gasteiger partial charge is 0.362 e. The Morgan fingerprint density at radius 2 is 1.70 bits per heavy atom. The number of hydrogen-bond donors (Lipinski definition) is 2. The molecule has 2 radical (unpaired) electrons. The van der Waals surface area contributed by atoms with Crippen molar-refractivity contribution in [2.75, 3.05) is 35.8 Å². The van der Waals surface area contributed by atoms with E-state index in [1.165, 1.54) is 11.3 Å². The summed E-state index contributed by atoms with van der Waals surface area (Å²) >= 11 is 7.06. The van der Waals surface area contributed by atoms with Gasteiger partial charge in [0.05, 0.1) is 9.88 Å². The van der Waals surface area contributed by atoms with E-state index < -0.39 is 10.0 Å². The maximum Gasteiger partial charge on any atom is 0.263 e. The van der Waals surface area contributed by atoms with Crippen LogP contribution >= 0.6 is 23.6 Å². The van der Waals surface area contributed by atoms with E-state index in [9.17, 15) is 8.42 Å². The van der Waals surface area contributed by atoms with Gasteiger partial charge in [-0.15, -0.1) is 10.2 Å². The fraction of sp³-hybridized carbons (Fsp3) is 0.323. The summed E-state index contributed by atoms with van der Waals surface area (Å²) in [7, 11) is -3.75. The van der Waals surface area contributed by atoms with E-state index in [0.29, 0.717) is 12.8 Å². The molecule has 1 aliphatic rings. The van der Waals surface area contributed by atoms with Gasteiger partial charge in [0.1, 0.15) is 22.8 Å². The number of piperazine rings is 1. The number of rotatable bonds is 8. The molecule has 1 saturated heterocycles. The number of nitrogens with one attached hydrogen (secondary N) is 2. The van der Waals surface area contributed by atoms with Crippen molar-refractivity contribution in [1.82, 2.24) is 30.0 Å². The fourth-order valence-corrected chi connectivity index (χ4v) is 7.90. The first kappa shape index (κ1) is 37.1. The Morgan fingerprint density at radius 1 is 1.02 bits per heavy atom. The van der Waals surface area contributed by atoms with E-state index >= 15 is 0 Å². The molecule has 2 aromatic carbocycles. The zero-order chi connectivity index (χ0) is 31.0. The predicted octanol–water partition coefficient (Wildman–Crippen LogP) is 5.05. The third-order valence-electron chi connectivity index (χ3n) is 7.73. The second-order valence-corrected chi connectivity index (χ2v) is 14.0. The number of benzene rings is 2. The van der Waals surface area contributed by atoms with E-state index in [1.54, 1.807) is 18.5 Å². The van der Waals surface area contributed by atoms with Crippen LogP contribution in [0.2, 0.25) is 0 Å². The molecule has 10 nitrogen and oxygen atoms in total. The van der Waals surface area contributed by atoms with Crippen molar-refractivity contribution in [2.45, 2.75) is 45.4 Å². The van der Waals surface area contributed by atoms with Crippen LogP contribution in [-0.4, -0.2) is 69.6 Å². The quantitative estimate of drug-likeness (QED) is 0.164. The summed E-state index contributed by atoms with van der Waals surface area (Å²) in [5.41, 5.74) is 7.08. The van der Waals surface area contributed by atoms with Crippen LogP contribution in [0.1, 0.15) is 34.2 Å². The number of aromatic nitrogens is 5. The average molecular weight is 823 g/mol. The number of aromatic amines is 1. The van der Waals surface area contributed by atoms with Crippen LogP contribution in [0.25, 0.3) is 22.2 Å². The summed E-state index contributed by atoms with van der Waals surface area (Å²) in [5, 5.41) is 9.92. The van der Waals surface area contributed by atoms with Gasteiger partial charge >= 0.3 is 0 Å². The molecule has 5 aromatic rings. The average Bonchev–Trinajstić information content (AvgIpc) is 3.64. The molecule has 0 unspecified atom stereocenters. The summed E-state index contributed by atoms with van der Waals surface area (Å²) in [5.74, 6) is 0.904. The Bertz CT molecular complexity index is 1930. The maximum absolute atomic E-state index is 12.8. The summed E-state index contributed by atoms with van der Waals surface area (Å²) < 4.78 is 28.1. The molecule has 0 atom stereocenters. The Morgan fingerprint density at radius 3 is 2.33 bits per heavy atom. The molecule has 0 bridgehead atoms. The molecule has 1 fully saturated rings. The van der Waals surface area contributed by atoms with Crippen LogP contribution in [0, 0.1) is 32.9 Å². The maximum atomic E-state index is 12.8. The van der Waals surface area contributed by atoms with E-state index in [1.807, 2.05) is 32.2 Å². The minimum atomic E-state index is -3.75. The van der Waals surface area contributed by atoms with E-state index in [4.69, 9.17) is 17.2 Å². The van der Waals surface area contributed by atoms with Gasteiger partial charge in [0.25, 0.3) is 10.0 Å². The predicted molar refractivity (Wildman–Crippen MR) is 178 cm³/mol. The molecule has 0 spiro atoms. The number of hydrogen-bond acceptors (Lipinski definition) is 9. The SMILES string of the molecule is CCc1nnc(NS(=O)(=O)c2ccc(CC(=S)N3CCN(c4ncnc5[nH]cc(-c6c(C)[c-]c(C)[c-]c6C)c45)CC3)cc2)s1.[Y].[Y]. The van der Waals surface area contributed by atoms with Gasteiger partial charge in [-0.3, -0.25) is 21.4 Å². The molecule has 15 heteroatoms. The standard InChI is InChI=1S/C31H32N8O2S3.2Y/c1-5-25-35-36-31(43-25)37-44(40,41)23-8-6-22(7-9-23)16-26(42)38-10-12-39(13-11-38)30-28-24(17-32-29(28)33-18-34-30)27-20(3)14-19(2)15-21(27)4;;/h6-9,17-18H,5,10-13,16H2,1-4H3,(H,36,37)(H,32,33,34);;/q-2;;. The second-order valence-electron chi connectivity index (χ2n) is 10.8. The van der Waals surface area contributed by atoms with Crippen molar-refractivity contribution in [1.29, 1.82) is 0 Å². The molecule has 46 heavy (non-hydrogen) atoms. The minimum absolute atomic E-state index is 0. The molecule has 3 aromatic heterocycles. The molecule has 0 saturated carbocycles. The van der Waals surface area contributed by atoms with Crippen molar-refractivity contribution in [2.24, 2.45) is 0 Å². The van der Waals surface area contributed by atoms with Crippen LogP contribution in [0.3, 0.4) is 0 Å². The Kier molecular flexibility index (Phi) is 12.6. The van der Waals surface area contributed by atoms with Gasteiger partial charge in [-0.05, 0) is 30.3 Å². The van der Waals surface area contributed by atoms with Gasteiger partial charge in [0, 0.05) is 103 Å². The van der Waals surface area contributed by atoms with Gasteiger partial charge in [-0.25, -0.2) is 23.9 Å². The van der Waals surface area contributed by atoms with Crippen LogP contribution in [0.15, 0.2) is 41.7 Å².